The van der Waals surface area contributed by atoms with Crippen LogP contribution >= 0.6 is 0 Å². The number of hydrogen-bond donors (Lipinski definition) is 0. The molecule has 2 aromatic heterocycles. The zero-order valence-electron chi connectivity index (χ0n) is 24.4. The van der Waals surface area contributed by atoms with E-state index in [0.29, 0.717) is 35.4 Å². The molecule has 0 spiro atoms. The molecule has 0 N–H and O–H groups in total. The van der Waals surface area contributed by atoms with E-state index in [2.05, 4.69) is 32.2 Å². The minimum atomic E-state index is -0.0842. The molecule has 5 aromatic rings. The summed E-state index contributed by atoms with van der Waals surface area (Å²) >= 11 is 0. The van der Waals surface area contributed by atoms with Crippen LogP contribution < -0.4 is 24.5 Å². The predicted octanol–water partition coefficient (Wildman–Crippen LogP) is 4.86. The molecule has 1 aliphatic rings. The van der Waals surface area contributed by atoms with Gasteiger partial charge in [0, 0.05) is 63.6 Å². The van der Waals surface area contributed by atoms with Crippen molar-refractivity contribution in [2.45, 2.75) is 19.5 Å². The number of aromatic nitrogens is 3. The average molecular weight is 582 g/mol. The van der Waals surface area contributed by atoms with E-state index in [4.69, 9.17) is 18.6 Å². The first-order valence-electron chi connectivity index (χ1n) is 14.4. The second-order valence-corrected chi connectivity index (χ2v) is 10.5. The van der Waals surface area contributed by atoms with Gasteiger partial charge in [0.2, 0.25) is 0 Å². The standard InChI is InChI=1S/C33H35N5O5/c1-40-27-8-4-24(5-9-27)31-23-43-32-20-29(12-13-30(32)33(31)39)42-19-3-14-38-22-25(34-35-38)21-36-15-17-37(18-16-36)26-6-10-28(41-2)11-7-26/h4-13,20,22-23H,3,14-19,21H2,1-2H3. The Balaban J connectivity index is 0.962. The maximum absolute atomic E-state index is 13.1. The number of rotatable bonds is 11. The van der Waals surface area contributed by atoms with E-state index in [1.807, 2.05) is 47.3 Å². The van der Waals surface area contributed by atoms with Gasteiger partial charge in [-0.1, -0.05) is 17.3 Å². The molecule has 222 valence electrons. The van der Waals surface area contributed by atoms with Gasteiger partial charge in [0.05, 0.1) is 37.5 Å². The van der Waals surface area contributed by atoms with Crippen molar-refractivity contribution in [2.75, 3.05) is 51.9 Å². The fraction of sp³-hybridized carbons (Fsp3) is 0.303. The molecule has 0 saturated carbocycles. The summed E-state index contributed by atoms with van der Waals surface area (Å²) in [6.45, 7) is 5.88. The van der Waals surface area contributed by atoms with Crippen molar-refractivity contribution in [3.8, 4) is 28.4 Å². The van der Waals surface area contributed by atoms with Crippen molar-refractivity contribution >= 4 is 16.7 Å². The quantitative estimate of drug-likeness (QED) is 0.203. The van der Waals surface area contributed by atoms with E-state index in [9.17, 15) is 4.79 Å². The van der Waals surface area contributed by atoms with Crippen molar-refractivity contribution < 1.29 is 18.6 Å². The van der Waals surface area contributed by atoms with Crippen molar-refractivity contribution in [3.63, 3.8) is 0 Å². The van der Waals surface area contributed by atoms with Gasteiger partial charge in [0.15, 0.2) is 5.43 Å². The fourth-order valence-electron chi connectivity index (χ4n) is 5.29. The number of methoxy groups -OCH3 is 2. The predicted molar refractivity (Wildman–Crippen MR) is 165 cm³/mol. The van der Waals surface area contributed by atoms with Gasteiger partial charge in [-0.25, -0.2) is 0 Å². The molecule has 43 heavy (non-hydrogen) atoms. The van der Waals surface area contributed by atoms with Crippen LogP contribution in [0.25, 0.3) is 22.1 Å². The summed E-state index contributed by atoms with van der Waals surface area (Å²) in [5, 5.41) is 9.19. The Labute approximate surface area is 250 Å². The zero-order valence-corrected chi connectivity index (χ0v) is 24.4. The van der Waals surface area contributed by atoms with Gasteiger partial charge in [-0.05, 0) is 54.1 Å². The summed E-state index contributed by atoms with van der Waals surface area (Å²) in [5.74, 6) is 2.26. The van der Waals surface area contributed by atoms with Crippen LogP contribution in [0.5, 0.6) is 17.2 Å². The van der Waals surface area contributed by atoms with E-state index < -0.39 is 0 Å². The van der Waals surface area contributed by atoms with Crippen LogP contribution in [0.1, 0.15) is 12.1 Å². The van der Waals surface area contributed by atoms with E-state index in [-0.39, 0.29) is 5.43 Å². The summed E-state index contributed by atoms with van der Waals surface area (Å²) in [5.41, 5.74) is 3.88. The van der Waals surface area contributed by atoms with Gasteiger partial charge in [-0.3, -0.25) is 14.4 Å². The molecule has 1 saturated heterocycles. The lowest BCUT2D eigenvalue weighted by atomic mass is 10.1. The molecular weight excluding hydrogens is 546 g/mol. The van der Waals surface area contributed by atoms with E-state index in [1.54, 1.807) is 32.4 Å². The third-order valence-corrected chi connectivity index (χ3v) is 7.73. The van der Waals surface area contributed by atoms with Gasteiger partial charge in [-0.2, -0.15) is 0 Å². The Bertz CT molecular complexity index is 1710. The van der Waals surface area contributed by atoms with Crippen LogP contribution in [0.4, 0.5) is 5.69 Å². The number of hydrogen-bond acceptors (Lipinski definition) is 9. The maximum atomic E-state index is 13.1. The summed E-state index contributed by atoms with van der Waals surface area (Å²) in [6.07, 6.45) is 4.28. The van der Waals surface area contributed by atoms with Crippen LogP contribution in [0.15, 0.2) is 88.4 Å². The highest BCUT2D eigenvalue weighted by molar-refractivity contribution is 5.82. The first-order valence-corrected chi connectivity index (χ1v) is 14.4. The smallest absolute Gasteiger partial charge is 0.200 e. The topological polar surface area (TPSA) is 95.1 Å². The Morgan fingerprint density at radius 1 is 0.860 bits per heavy atom. The lowest BCUT2D eigenvalue weighted by Gasteiger charge is -2.35. The van der Waals surface area contributed by atoms with Crippen molar-refractivity contribution in [1.29, 1.82) is 0 Å². The van der Waals surface area contributed by atoms with Gasteiger partial charge in [-0.15, -0.1) is 5.10 Å². The molecule has 10 nitrogen and oxygen atoms in total. The minimum absolute atomic E-state index is 0.0842. The molecular formula is C33H35N5O5. The van der Waals surface area contributed by atoms with Gasteiger partial charge in [0.25, 0.3) is 0 Å². The van der Waals surface area contributed by atoms with Crippen LogP contribution in [-0.4, -0.2) is 66.9 Å². The second kappa shape index (κ2) is 13.0. The van der Waals surface area contributed by atoms with Crippen molar-refractivity contribution in [3.05, 3.63) is 95.1 Å². The first-order chi connectivity index (χ1) is 21.1. The number of aryl methyl sites for hydroxylation is 1. The molecule has 1 fully saturated rings. The lowest BCUT2D eigenvalue weighted by molar-refractivity contribution is 0.247. The highest BCUT2D eigenvalue weighted by atomic mass is 16.5. The molecule has 3 heterocycles. The van der Waals surface area contributed by atoms with Crippen LogP contribution in [0.2, 0.25) is 0 Å². The number of ether oxygens (including phenoxy) is 3. The third-order valence-electron chi connectivity index (χ3n) is 7.73. The molecule has 0 radical (unpaired) electrons. The molecule has 0 atom stereocenters. The first kappa shape index (κ1) is 28.3. The minimum Gasteiger partial charge on any atom is -0.497 e. The number of fused-ring (bicyclic) bond motifs is 1. The molecule has 0 aliphatic carbocycles. The van der Waals surface area contributed by atoms with E-state index >= 15 is 0 Å². The Morgan fingerprint density at radius 2 is 1.56 bits per heavy atom. The van der Waals surface area contributed by atoms with E-state index in [1.165, 1.54) is 12.0 Å². The van der Waals surface area contributed by atoms with Crippen LogP contribution in [0.3, 0.4) is 0 Å². The SMILES string of the molecule is COc1ccc(-c2coc3cc(OCCCn4cc(CN5CCN(c6ccc(OC)cc6)CC5)nn4)ccc3c2=O)cc1. The number of piperazine rings is 1. The Hall–Kier alpha value is -4.83. The van der Waals surface area contributed by atoms with Crippen LogP contribution in [0, 0.1) is 0 Å². The summed E-state index contributed by atoms with van der Waals surface area (Å²) in [4.78, 5) is 17.9. The molecule has 3 aromatic carbocycles. The molecule has 10 heteroatoms. The Morgan fingerprint density at radius 3 is 2.28 bits per heavy atom. The Kier molecular flexibility index (Phi) is 8.55. The molecule has 6 rings (SSSR count). The largest absolute Gasteiger partial charge is 0.497 e. The fourth-order valence-corrected chi connectivity index (χ4v) is 5.29. The lowest BCUT2D eigenvalue weighted by Crippen LogP contribution is -2.46. The van der Waals surface area contributed by atoms with E-state index in [0.717, 1.165) is 61.9 Å². The van der Waals surface area contributed by atoms with Crippen LogP contribution in [-0.2, 0) is 13.1 Å². The normalized spacial score (nSPS) is 13.8. The number of anilines is 1. The van der Waals surface area contributed by atoms with Gasteiger partial charge >= 0.3 is 0 Å². The summed E-state index contributed by atoms with van der Waals surface area (Å²) in [7, 11) is 3.30. The van der Waals surface area contributed by atoms with Gasteiger partial charge < -0.3 is 23.5 Å². The summed E-state index contributed by atoms with van der Waals surface area (Å²) < 4.78 is 24.1. The molecule has 0 unspecified atom stereocenters. The second-order valence-electron chi connectivity index (χ2n) is 10.5. The molecule has 0 amide bonds. The molecule has 0 bridgehead atoms. The molecule has 1 aliphatic heterocycles. The maximum Gasteiger partial charge on any atom is 0.200 e. The third kappa shape index (κ3) is 6.65. The average Bonchev–Trinajstić information content (AvgIpc) is 3.50. The highest BCUT2D eigenvalue weighted by Gasteiger charge is 2.18. The zero-order chi connectivity index (χ0) is 29.6. The monoisotopic (exact) mass is 581 g/mol. The van der Waals surface area contributed by atoms with Gasteiger partial charge in [0.1, 0.15) is 29.1 Å². The number of benzene rings is 3. The number of nitrogens with zero attached hydrogens (tertiary/aromatic N) is 5. The highest BCUT2D eigenvalue weighted by Crippen LogP contribution is 2.25. The van der Waals surface area contributed by atoms with Crippen molar-refractivity contribution in [2.24, 2.45) is 0 Å². The summed E-state index contributed by atoms with van der Waals surface area (Å²) in [6, 6.07) is 20.9. The van der Waals surface area contributed by atoms with Crippen molar-refractivity contribution in [1.82, 2.24) is 19.9 Å².